The van der Waals surface area contributed by atoms with Gasteiger partial charge in [0.05, 0.1) is 0 Å². The van der Waals surface area contributed by atoms with Crippen molar-refractivity contribution in [1.82, 2.24) is 25.0 Å². The van der Waals surface area contributed by atoms with Gasteiger partial charge in [-0.15, -0.1) is 16.7 Å². The third-order valence-corrected chi connectivity index (χ3v) is 3.76. The number of aromatic nitrogens is 3. The average molecular weight is 348 g/mol. The molecular formula is C13H22ClN5O2S. The molecule has 0 saturated carbocycles. The van der Waals surface area contributed by atoms with Crippen molar-refractivity contribution in [2.24, 2.45) is 0 Å². The van der Waals surface area contributed by atoms with Crippen molar-refractivity contribution in [3.63, 3.8) is 0 Å². The van der Waals surface area contributed by atoms with Crippen LogP contribution in [0, 0.1) is 0 Å². The maximum atomic E-state index is 12.2. The van der Waals surface area contributed by atoms with Crippen LogP contribution >= 0.6 is 23.4 Å². The van der Waals surface area contributed by atoms with Crippen LogP contribution in [-0.2, 0) is 10.2 Å². The Balaban J connectivity index is 2.85. The Hall–Kier alpha value is -1.28. The molecule has 1 aromatic heterocycles. The van der Waals surface area contributed by atoms with Crippen LogP contribution in [0.1, 0.15) is 26.6 Å². The van der Waals surface area contributed by atoms with Crippen molar-refractivity contribution >= 4 is 35.3 Å². The highest BCUT2D eigenvalue weighted by Gasteiger charge is 2.25. The number of amides is 2. The van der Waals surface area contributed by atoms with Gasteiger partial charge in [0.2, 0.25) is 5.91 Å². The molecule has 0 radical (unpaired) electrons. The first-order chi connectivity index (χ1) is 10.2. The van der Waals surface area contributed by atoms with Crippen molar-refractivity contribution in [1.29, 1.82) is 0 Å². The maximum Gasteiger partial charge on any atom is 0.346 e. The summed E-state index contributed by atoms with van der Waals surface area (Å²) in [5.41, 5.74) is -0.250. The highest BCUT2D eigenvalue weighted by Crippen LogP contribution is 2.23. The molecule has 0 bridgehead atoms. The Morgan fingerprint density at radius 1 is 1.36 bits per heavy atom. The molecular weight excluding hydrogens is 326 g/mol. The van der Waals surface area contributed by atoms with Gasteiger partial charge >= 0.3 is 6.03 Å². The van der Waals surface area contributed by atoms with Gasteiger partial charge in [-0.25, -0.2) is 9.78 Å². The quantitative estimate of drug-likeness (QED) is 0.496. The van der Waals surface area contributed by atoms with E-state index in [4.69, 9.17) is 11.6 Å². The number of carbonyl (C=O) groups excluding carboxylic acids is 2. The monoisotopic (exact) mass is 347 g/mol. The molecule has 1 heterocycles. The Bertz CT molecular complexity index is 539. The highest BCUT2D eigenvalue weighted by atomic mass is 35.5. The zero-order valence-electron chi connectivity index (χ0n) is 13.5. The summed E-state index contributed by atoms with van der Waals surface area (Å²) in [6, 6.07) is -0.254. The molecule has 0 aliphatic carbocycles. The minimum Gasteiger partial charge on any atom is -0.354 e. The number of alkyl halides is 1. The van der Waals surface area contributed by atoms with Crippen molar-refractivity contribution in [2.45, 2.75) is 31.3 Å². The number of thioether (sulfide) groups is 1. The van der Waals surface area contributed by atoms with Gasteiger partial charge < -0.3 is 10.2 Å². The Morgan fingerprint density at radius 3 is 2.50 bits per heavy atom. The lowest BCUT2D eigenvalue weighted by atomic mass is 9.96. The van der Waals surface area contributed by atoms with Crippen molar-refractivity contribution in [3.05, 3.63) is 5.82 Å². The summed E-state index contributed by atoms with van der Waals surface area (Å²) < 4.78 is 1.30. The van der Waals surface area contributed by atoms with Crippen molar-refractivity contribution in [2.75, 3.05) is 32.3 Å². The summed E-state index contributed by atoms with van der Waals surface area (Å²) in [4.78, 5) is 29.2. The second-order valence-corrected chi connectivity index (χ2v) is 7.22. The molecule has 0 spiro atoms. The van der Waals surface area contributed by atoms with E-state index in [0.29, 0.717) is 23.3 Å². The Morgan fingerprint density at radius 2 is 2.00 bits per heavy atom. The molecule has 0 saturated heterocycles. The number of nitrogens with zero attached hydrogens (tertiary/aromatic N) is 4. The number of halogens is 1. The van der Waals surface area contributed by atoms with Gasteiger partial charge in [0.25, 0.3) is 0 Å². The Labute approximate surface area is 139 Å². The molecule has 1 N–H and O–H groups in total. The van der Waals surface area contributed by atoms with E-state index in [1.165, 1.54) is 21.3 Å². The number of carbonyl (C=O) groups is 2. The standard InChI is InChI=1S/C13H22ClN5O2S/c1-13(2,3)10-16-11(19(17-10)12(21)18(4)5)22-7-6-15-9(20)8-14/h6-8H2,1-5H3,(H,15,20). The van der Waals surface area contributed by atoms with Gasteiger partial charge in [0.1, 0.15) is 5.88 Å². The van der Waals surface area contributed by atoms with Gasteiger partial charge in [-0.05, 0) is 0 Å². The molecule has 1 aromatic rings. The summed E-state index contributed by atoms with van der Waals surface area (Å²) in [5, 5.41) is 7.50. The van der Waals surface area contributed by atoms with Crippen LogP contribution < -0.4 is 5.32 Å². The van der Waals surface area contributed by atoms with Gasteiger partial charge in [-0.2, -0.15) is 4.68 Å². The van der Waals surface area contributed by atoms with Gasteiger partial charge in [0, 0.05) is 31.8 Å². The van der Waals surface area contributed by atoms with Crippen molar-refractivity contribution < 1.29 is 9.59 Å². The topological polar surface area (TPSA) is 80.1 Å². The molecule has 0 unspecified atom stereocenters. The van der Waals surface area contributed by atoms with Crippen LogP contribution in [0.15, 0.2) is 5.16 Å². The van der Waals surface area contributed by atoms with E-state index in [-0.39, 0.29) is 23.2 Å². The first-order valence-corrected chi connectivity index (χ1v) is 8.33. The van der Waals surface area contributed by atoms with E-state index < -0.39 is 0 Å². The predicted octanol–water partition coefficient (Wildman–Crippen LogP) is 1.55. The summed E-state index contributed by atoms with van der Waals surface area (Å²) in [7, 11) is 3.33. The second kappa shape index (κ2) is 7.82. The SMILES string of the molecule is CN(C)C(=O)n1nc(C(C)(C)C)nc1SCCNC(=O)CCl. The summed E-state index contributed by atoms with van der Waals surface area (Å²) in [6.45, 7) is 6.41. The van der Waals surface area contributed by atoms with Crippen molar-refractivity contribution in [3.8, 4) is 0 Å². The van der Waals surface area contributed by atoms with Crippen LogP contribution in [0.2, 0.25) is 0 Å². The summed E-state index contributed by atoms with van der Waals surface area (Å²) >= 11 is 6.77. The molecule has 22 heavy (non-hydrogen) atoms. The molecule has 7 nitrogen and oxygen atoms in total. The third kappa shape index (κ3) is 5.17. The third-order valence-electron chi connectivity index (χ3n) is 2.59. The largest absolute Gasteiger partial charge is 0.354 e. The molecule has 1 rings (SSSR count). The van der Waals surface area contributed by atoms with Gasteiger partial charge in [0.15, 0.2) is 11.0 Å². The first kappa shape index (κ1) is 18.8. The fourth-order valence-corrected chi connectivity index (χ4v) is 2.28. The van der Waals surface area contributed by atoms with Crippen LogP contribution in [0.3, 0.4) is 0 Å². The molecule has 9 heteroatoms. The Kier molecular flexibility index (Phi) is 6.67. The zero-order valence-corrected chi connectivity index (χ0v) is 15.1. The normalized spacial score (nSPS) is 11.4. The highest BCUT2D eigenvalue weighted by molar-refractivity contribution is 7.99. The molecule has 124 valence electrons. The molecule has 0 aliphatic rings. The number of nitrogens with one attached hydrogen (secondary N) is 1. The molecule has 0 aliphatic heterocycles. The van der Waals surface area contributed by atoms with E-state index in [1.54, 1.807) is 14.1 Å². The molecule has 0 fully saturated rings. The zero-order chi connectivity index (χ0) is 16.9. The lowest BCUT2D eigenvalue weighted by Gasteiger charge is -2.13. The smallest absolute Gasteiger partial charge is 0.346 e. The van der Waals surface area contributed by atoms with Gasteiger partial charge in [-0.3, -0.25) is 4.79 Å². The van der Waals surface area contributed by atoms with E-state index in [9.17, 15) is 9.59 Å². The van der Waals surface area contributed by atoms with Crippen LogP contribution in [0.4, 0.5) is 4.79 Å². The van der Waals surface area contributed by atoms with Crippen LogP contribution in [-0.4, -0.2) is 63.9 Å². The number of hydrogen-bond donors (Lipinski definition) is 1. The molecule has 2 amide bonds. The molecule has 0 atom stereocenters. The fourth-order valence-electron chi connectivity index (χ4n) is 1.40. The lowest BCUT2D eigenvalue weighted by molar-refractivity contribution is -0.118. The summed E-state index contributed by atoms with van der Waals surface area (Å²) in [6.07, 6.45) is 0. The van der Waals surface area contributed by atoms with E-state index in [0.717, 1.165) is 0 Å². The average Bonchev–Trinajstić information content (AvgIpc) is 2.86. The van der Waals surface area contributed by atoms with Crippen LogP contribution in [0.25, 0.3) is 0 Å². The number of rotatable bonds is 5. The maximum absolute atomic E-state index is 12.2. The number of hydrogen-bond acceptors (Lipinski definition) is 5. The van der Waals surface area contributed by atoms with E-state index in [2.05, 4.69) is 15.4 Å². The lowest BCUT2D eigenvalue weighted by Crippen LogP contribution is -2.29. The van der Waals surface area contributed by atoms with E-state index >= 15 is 0 Å². The molecule has 0 aromatic carbocycles. The summed E-state index contributed by atoms with van der Waals surface area (Å²) in [5.74, 6) is 0.901. The van der Waals surface area contributed by atoms with E-state index in [1.807, 2.05) is 20.8 Å². The first-order valence-electron chi connectivity index (χ1n) is 6.81. The minimum atomic E-state index is -0.254. The fraction of sp³-hybridized carbons (Fsp3) is 0.692. The predicted molar refractivity (Wildman–Crippen MR) is 87.7 cm³/mol. The minimum absolute atomic E-state index is 0.0614. The second-order valence-electron chi connectivity index (χ2n) is 5.89. The van der Waals surface area contributed by atoms with Crippen LogP contribution in [0.5, 0.6) is 0 Å². The van der Waals surface area contributed by atoms with Gasteiger partial charge in [-0.1, -0.05) is 32.5 Å².